The standard InChI is InChI=1S/C15H26N4O2/c1-5-12-17-13(15(20)21-4)14(16)19(12)9-11-6-7-18(8-11)10(2)3/h10-11H,5-9,16H2,1-4H3. The molecule has 1 atom stereocenters. The van der Waals surface area contributed by atoms with Crippen LogP contribution in [0.4, 0.5) is 5.82 Å². The molecule has 6 nitrogen and oxygen atoms in total. The maximum absolute atomic E-state index is 11.7. The quantitative estimate of drug-likeness (QED) is 0.834. The molecule has 1 fully saturated rings. The van der Waals surface area contributed by atoms with Crippen LogP contribution in [0.15, 0.2) is 0 Å². The molecule has 1 aromatic heterocycles. The van der Waals surface area contributed by atoms with Crippen molar-refractivity contribution in [2.45, 2.75) is 46.2 Å². The lowest BCUT2D eigenvalue weighted by Gasteiger charge is -2.20. The van der Waals surface area contributed by atoms with Crippen LogP contribution in [0.25, 0.3) is 0 Å². The molecule has 0 aliphatic carbocycles. The molecule has 2 N–H and O–H groups in total. The van der Waals surface area contributed by atoms with E-state index in [1.54, 1.807) is 0 Å². The number of aryl methyl sites for hydroxylation is 1. The lowest BCUT2D eigenvalue weighted by molar-refractivity contribution is 0.0595. The number of carbonyl (C=O) groups is 1. The zero-order valence-corrected chi connectivity index (χ0v) is 13.4. The van der Waals surface area contributed by atoms with Crippen LogP contribution in [0.2, 0.25) is 0 Å². The van der Waals surface area contributed by atoms with Crippen molar-refractivity contribution >= 4 is 11.8 Å². The van der Waals surface area contributed by atoms with Gasteiger partial charge in [-0.3, -0.25) is 0 Å². The molecule has 1 aliphatic heterocycles. The average molecular weight is 294 g/mol. The van der Waals surface area contributed by atoms with Crippen LogP contribution in [-0.4, -0.2) is 46.7 Å². The zero-order valence-electron chi connectivity index (χ0n) is 13.4. The van der Waals surface area contributed by atoms with Crippen LogP contribution in [-0.2, 0) is 17.7 Å². The number of carbonyl (C=O) groups excluding carboxylic acids is 1. The molecule has 6 heteroatoms. The number of hydrogen-bond acceptors (Lipinski definition) is 5. The summed E-state index contributed by atoms with van der Waals surface area (Å²) in [5.74, 6) is 1.38. The molecule has 118 valence electrons. The number of imidazole rings is 1. The highest BCUT2D eigenvalue weighted by molar-refractivity contribution is 5.92. The van der Waals surface area contributed by atoms with Gasteiger partial charge in [0.25, 0.3) is 0 Å². The first-order chi connectivity index (χ1) is 9.97. The number of anilines is 1. The van der Waals surface area contributed by atoms with Crippen molar-refractivity contribution in [1.29, 1.82) is 0 Å². The van der Waals surface area contributed by atoms with E-state index in [-0.39, 0.29) is 5.69 Å². The van der Waals surface area contributed by atoms with Gasteiger partial charge >= 0.3 is 5.97 Å². The molecule has 0 radical (unpaired) electrons. The van der Waals surface area contributed by atoms with E-state index in [2.05, 4.69) is 23.7 Å². The molecule has 0 aromatic carbocycles. The van der Waals surface area contributed by atoms with Gasteiger partial charge in [0, 0.05) is 25.6 Å². The third-order valence-electron chi connectivity index (χ3n) is 4.27. The lowest BCUT2D eigenvalue weighted by Crippen LogP contribution is -2.29. The number of aromatic nitrogens is 2. The fourth-order valence-corrected chi connectivity index (χ4v) is 2.97. The van der Waals surface area contributed by atoms with Crippen molar-refractivity contribution in [1.82, 2.24) is 14.5 Å². The van der Waals surface area contributed by atoms with Crippen molar-refractivity contribution < 1.29 is 9.53 Å². The fraction of sp³-hybridized carbons (Fsp3) is 0.733. The van der Waals surface area contributed by atoms with Gasteiger partial charge in [-0.05, 0) is 32.7 Å². The average Bonchev–Trinajstić information content (AvgIpc) is 3.05. The van der Waals surface area contributed by atoms with E-state index in [4.69, 9.17) is 10.5 Å². The number of esters is 1. The van der Waals surface area contributed by atoms with Crippen LogP contribution in [0.3, 0.4) is 0 Å². The molecule has 0 bridgehead atoms. The summed E-state index contributed by atoms with van der Waals surface area (Å²) < 4.78 is 6.73. The van der Waals surface area contributed by atoms with Gasteiger partial charge in [0.15, 0.2) is 5.69 Å². The van der Waals surface area contributed by atoms with Gasteiger partial charge < -0.3 is 19.9 Å². The lowest BCUT2D eigenvalue weighted by atomic mass is 10.1. The third-order valence-corrected chi connectivity index (χ3v) is 4.27. The number of hydrogen-bond donors (Lipinski definition) is 1. The summed E-state index contributed by atoms with van der Waals surface area (Å²) in [5, 5.41) is 0. The van der Waals surface area contributed by atoms with E-state index < -0.39 is 5.97 Å². The van der Waals surface area contributed by atoms with Crippen molar-refractivity contribution in [2.24, 2.45) is 5.92 Å². The molecule has 1 unspecified atom stereocenters. The Bertz CT molecular complexity index is 510. The second kappa shape index (κ2) is 6.47. The molecule has 0 saturated carbocycles. The van der Waals surface area contributed by atoms with Crippen LogP contribution < -0.4 is 5.73 Å². The zero-order chi connectivity index (χ0) is 15.6. The Morgan fingerprint density at radius 3 is 2.76 bits per heavy atom. The van der Waals surface area contributed by atoms with Crippen LogP contribution in [0.1, 0.15) is 43.5 Å². The molecule has 1 aromatic rings. The minimum Gasteiger partial charge on any atom is -0.464 e. The highest BCUT2D eigenvalue weighted by Crippen LogP contribution is 2.24. The largest absolute Gasteiger partial charge is 0.464 e. The summed E-state index contributed by atoms with van der Waals surface area (Å²) in [5.41, 5.74) is 6.36. The molecule has 1 aliphatic rings. The first-order valence-corrected chi connectivity index (χ1v) is 7.65. The Labute approximate surface area is 126 Å². The Balaban J connectivity index is 2.16. The topological polar surface area (TPSA) is 73.4 Å². The van der Waals surface area contributed by atoms with Gasteiger partial charge in [-0.1, -0.05) is 6.92 Å². The molecule has 2 rings (SSSR count). The summed E-state index contributed by atoms with van der Waals surface area (Å²) in [6.07, 6.45) is 1.91. The van der Waals surface area contributed by atoms with Gasteiger partial charge in [-0.2, -0.15) is 0 Å². The van der Waals surface area contributed by atoms with Crippen molar-refractivity contribution in [2.75, 3.05) is 25.9 Å². The molecule has 0 amide bonds. The monoisotopic (exact) mass is 294 g/mol. The predicted octanol–water partition coefficient (Wildman–Crippen LogP) is 1.54. The molecule has 1 saturated heterocycles. The number of rotatable bonds is 5. The normalized spacial score (nSPS) is 19.4. The second-order valence-corrected chi connectivity index (χ2v) is 5.96. The summed E-state index contributed by atoms with van der Waals surface area (Å²) in [6, 6.07) is 0.575. The summed E-state index contributed by atoms with van der Waals surface area (Å²) >= 11 is 0. The second-order valence-electron chi connectivity index (χ2n) is 5.96. The summed E-state index contributed by atoms with van der Waals surface area (Å²) in [6.45, 7) is 9.49. The van der Waals surface area contributed by atoms with Crippen LogP contribution in [0.5, 0.6) is 0 Å². The number of methoxy groups -OCH3 is 1. The maximum Gasteiger partial charge on any atom is 0.360 e. The number of nitrogens with two attached hydrogens (primary N) is 1. The minimum atomic E-state index is -0.462. The predicted molar refractivity (Wildman–Crippen MR) is 82.2 cm³/mol. The van der Waals surface area contributed by atoms with Gasteiger partial charge in [0.2, 0.25) is 0 Å². The summed E-state index contributed by atoms with van der Waals surface area (Å²) in [4.78, 5) is 18.5. The van der Waals surface area contributed by atoms with Crippen LogP contribution in [0, 0.1) is 5.92 Å². The van der Waals surface area contributed by atoms with E-state index in [0.29, 0.717) is 17.8 Å². The Morgan fingerprint density at radius 2 is 2.24 bits per heavy atom. The fourth-order valence-electron chi connectivity index (χ4n) is 2.97. The van der Waals surface area contributed by atoms with E-state index in [9.17, 15) is 4.79 Å². The first kappa shape index (κ1) is 15.8. The molecular formula is C15H26N4O2. The summed E-state index contributed by atoms with van der Waals surface area (Å²) in [7, 11) is 1.35. The van der Waals surface area contributed by atoms with E-state index in [1.807, 2.05) is 11.5 Å². The number of likely N-dealkylation sites (tertiary alicyclic amines) is 1. The van der Waals surface area contributed by atoms with Gasteiger partial charge in [-0.15, -0.1) is 0 Å². The van der Waals surface area contributed by atoms with E-state index >= 15 is 0 Å². The Hall–Kier alpha value is -1.56. The smallest absolute Gasteiger partial charge is 0.360 e. The van der Waals surface area contributed by atoms with E-state index in [1.165, 1.54) is 7.11 Å². The highest BCUT2D eigenvalue weighted by Gasteiger charge is 2.27. The van der Waals surface area contributed by atoms with Crippen LogP contribution >= 0.6 is 0 Å². The van der Waals surface area contributed by atoms with Crippen molar-refractivity contribution in [3.05, 3.63) is 11.5 Å². The van der Waals surface area contributed by atoms with E-state index in [0.717, 1.165) is 38.3 Å². The molecule has 2 heterocycles. The number of nitrogens with zero attached hydrogens (tertiary/aromatic N) is 3. The Kier molecular flexibility index (Phi) is 4.88. The highest BCUT2D eigenvalue weighted by atomic mass is 16.5. The third kappa shape index (κ3) is 3.20. The van der Waals surface area contributed by atoms with Gasteiger partial charge in [0.05, 0.1) is 7.11 Å². The molecule has 21 heavy (non-hydrogen) atoms. The number of ether oxygens (including phenoxy) is 1. The van der Waals surface area contributed by atoms with Gasteiger partial charge in [-0.25, -0.2) is 9.78 Å². The maximum atomic E-state index is 11.7. The SMILES string of the molecule is CCc1nc(C(=O)OC)c(N)n1CC1CCN(C(C)C)C1. The first-order valence-electron chi connectivity index (χ1n) is 7.65. The molecular weight excluding hydrogens is 268 g/mol. The number of nitrogen functional groups attached to an aromatic ring is 1. The van der Waals surface area contributed by atoms with Crippen molar-refractivity contribution in [3.8, 4) is 0 Å². The van der Waals surface area contributed by atoms with Gasteiger partial charge in [0.1, 0.15) is 11.6 Å². The molecule has 0 spiro atoms. The van der Waals surface area contributed by atoms with Crippen molar-refractivity contribution in [3.63, 3.8) is 0 Å². The minimum absolute atomic E-state index is 0.244. The Morgan fingerprint density at radius 1 is 1.52 bits per heavy atom.